The fourth-order valence-electron chi connectivity index (χ4n) is 2.54. The van der Waals surface area contributed by atoms with Gasteiger partial charge in [-0.2, -0.15) is 0 Å². The minimum atomic E-state index is -2.98. The highest BCUT2D eigenvalue weighted by Crippen LogP contribution is 2.16. The van der Waals surface area contributed by atoms with Gasteiger partial charge in [-0.15, -0.1) is 0 Å². The largest absolute Gasteiger partial charge is 0.362 e. The molecule has 3 N–H and O–H groups in total. The van der Waals surface area contributed by atoms with Crippen molar-refractivity contribution in [3.8, 4) is 0 Å². The number of thiocarbonyl (C=S) groups is 1. The SMILES string of the molecule is Cc1ccc(C)c(NC(=S)NCCC(=O)NC2CCS(=O)(=O)C2)c1. The lowest BCUT2D eigenvalue weighted by atomic mass is 10.1. The van der Waals surface area contributed by atoms with Gasteiger partial charge < -0.3 is 16.0 Å². The summed E-state index contributed by atoms with van der Waals surface area (Å²) in [5.74, 6) is 0.0258. The van der Waals surface area contributed by atoms with Crippen molar-refractivity contribution in [2.75, 3.05) is 23.4 Å². The molecular formula is C16H23N3O3S2. The van der Waals surface area contributed by atoms with Gasteiger partial charge in [0.2, 0.25) is 5.91 Å². The molecule has 1 amide bonds. The molecule has 24 heavy (non-hydrogen) atoms. The summed E-state index contributed by atoms with van der Waals surface area (Å²) in [6.07, 6.45) is 0.735. The molecule has 1 aromatic carbocycles. The predicted octanol–water partition coefficient (Wildman–Crippen LogP) is 1.28. The van der Waals surface area contributed by atoms with Crippen molar-refractivity contribution in [2.45, 2.75) is 32.7 Å². The number of anilines is 1. The molecule has 1 heterocycles. The van der Waals surface area contributed by atoms with Crippen molar-refractivity contribution >= 4 is 38.8 Å². The highest BCUT2D eigenvalue weighted by atomic mass is 32.2. The van der Waals surface area contributed by atoms with E-state index < -0.39 is 9.84 Å². The van der Waals surface area contributed by atoms with E-state index in [1.807, 2.05) is 32.0 Å². The molecule has 1 aromatic rings. The van der Waals surface area contributed by atoms with E-state index >= 15 is 0 Å². The standard InChI is InChI=1S/C16H23N3O3S2/c1-11-3-4-12(2)14(9-11)19-16(23)17-7-5-15(20)18-13-6-8-24(21,22)10-13/h3-4,9,13H,5-8,10H2,1-2H3,(H,18,20)(H2,17,19,23). The van der Waals surface area contributed by atoms with Crippen molar-refractivity contribution in [3.63, 3.8) is 0 Å². The molecule has 1 aliphatic heterocycles. The molecule has 1 unspecified atom stereocenters. The molecule has 1 aliphatic rings. The maximum atomic E-state index is 11.8. The molecule has 0 radical (unpaired) electrons. The van der Waals surface area contributed by atoms with Gasteiger partial charge in [0.05, 0.1) is 11.5 Å². The van der Waals surface area contributed by atoms with E-state index in [9.17, 15) is 13.2 Å². The number of hydrogen-bond acceptors (Lipinski definition) is 4. The van der Waals surface area contributed by atoms with Crippen molar-refractivity contribution < 1.29 is 13.2 Å². The highest BCUT2D eigenvalue weighted by Gasteiger charge is 2.28. The van der Waals surface area contributed by atoms with Crippen LogP contribution in [0.15, 0.2) is 18.2 Å². The molecule has 132 valence electrons. The van der Waals surface area contributed by atoms with Gasteiger partial charge in [0.15, 0.2) is 14.9 Å². The van der Waals surface area contributed by atoms with Crippen LogP contribution in [0.2, 0.25) is 0 Å². The lowest BCUT2D eigenvalue weighted by Gasteiger charge is -2.14. The lowest BCUT2D eigenvalue weighted by molar-refractivity contribution is -0.121. The van der Waals surface area contributed by atoms with E-state index in [0.29, 0.717) is 18.1 Å². The molecule has 0 aliphatic carbocycles. The third-order valence-corrected chi connectivity index (χ3v) is 5.89. The van der Waals surface area contributed by atoms with Crippen LogP contribution < -0.4 is 16.0 Å². The van der Waals surface area contributed by atoms with Gasteiger partial charge in [-0.3, -0.25) is 4.79 Å². The third-order valence-electron chi connectivity index (χ3n) is 3.88. The first-order valence-corrected chi connectivity index (χ1v) is 10.1. The quantitative estimate of drug-likeness (QED) is 0.678. The van der Waals surface area contributed by atoms with E-state index in [-0.39, 0.29) is 29.9 Å². The number of benzene rings is 1. The Morgan fingerprint density at radius 3 is 2.75 bits per heavy atom. The first-order valence-electron chi connectivity index (χ1n) is 7.87. The van der Waals surface area contributed by atoms with Crippen LogP contribution in [0, 0.1) is 13.8 Å². The third kappa shape index (κ3) is 5.76. The van der Waals surface area contributed by atoms with E-state index in [2.05, 4.69) is 16.0 Å². The Labute approximate surface area is 148 Å². The second kappa shape index (κ2) is 7.94. The zero-order chi connectivity index (χ0) is 17.7. The Bertz CT molecular complexity index is 732. The summed E-state index contributed by atoms with van der Waals surface area (Å²) in [6.45, 7) is 4.39. The second-order valence-corrected chi connectivity index (χ2v) is 8.75. The lowest BCUT2D eigenvalue weighted by Crippen LogP contribution is -2.38. The highest BCUT2D eigenvalue weighted by molar-refractivity contribution is 7.91. The van der Waals surface area contributed by atoms with Crippen molar-refractivity contribution in [2.24, 2.45) is 0 Å². The molecular weight excluding hydrogens is 346 g/mol. The Balaban J connectivity index is 1.70. The number of nitrogens with one attached hydrogen (secondary N) is 3. The number of carbonyl (C=O) groups is 1. The Morgan fingerprint density at radius 2 is 2.08 bits per heavy atom. The Hall–Kier alpha value is -1.67. The average Bonchev–Trinajstić information content (AvgIpc) is 2.81. The number of carbonyl (C=O) groups excluding carboxylic acids is 1. The molecule has 1 atom stereocenters. The fraction of sp³-hybridized carbons (Fsp3) is 0.500. The number of sulfone groups is 1. The molecule has 0 spiro atoms. The summed E-state index contributed by atoms with van der Waals surface area (Å²) < 4.78 is 22.7. The van der Waals surface area contributed by atoms with Gasteiger partial charge in [0.1, 0.15) is 0 Å². The molecule has 1 fully saturated rings. The van der Waals surface area contributed by atoms with Gasteiger partial charge in [0.25, 0.3) is 0 Å². The van der Waals surface area contributed by atoms with Crippen LogP contribution >= 0.6 is 12.2 Å². The van der Waals surface area contributed by atoms with E-state index in [0.717, 1.165) is 16.8 Å². The van der Waals surface area contributed by atoms with Crippen LogP contribution in [0.1, 0.15) is 24.0 Å². The number of rotatable bonds is 5. The van der Waals surface area contributed by atoms with Gasteiger partial charge >= 0.3 is 0 Å². The summed E-state index contributed by atoms with van der Waals surface area (Å²) in [6, 6.07) is 5.80. The first-order chi connectivity index (χ1) is 11.2. The van der Waals surface area contributed by atoms with Crippen molar-refractivity contribution in [3.05, 3.63) is 29.3 Å². The smallest absolute Gasteiger partial charge is 0.222 e. The van der Waals surface area contributed by atoms with Crippen LogP contribution in [0.4, 0.5) is 5.69 Å². The first kappa shape index (κ1) is 18.7. The van der Waals surface area contributed by atoms with E-state index in [4.69, 9.17) is 12.2 Å². The molecule has 8 heteroatoms. The van der Waals surface area contributed by atoms with Crippen LogP contribution in [0.25, 0.3) is 0 Å². The Kier molecular flexibility index (Phi) is 6.17. The number of aryl methyl sites for hydroxylation is 2. The molecule has 0 bridgehead atoms. The number of hydrogen-bond donors (Lipinski definition) is 3. The van der Waals surface area contributed by atoms with Gasteiger partial charge in [0, 0.05) is 24.7 Å². The monoisotopic (exact) mass is 369 g/mol. The van der Waals surface area contributed by atoms with Crippen LogP contribution in [-0.2, 0) is 14.6 Å². The molecule has 1 saturated heterocycles. The average molecular weight is 370 g/mol. The minimum absolute atomic E-state index is 0.0404. The molecule has 6 nitrogen and oxygen atoms in total. The Morgan fingerprint density at radius 1 is 1.33 bits per heavy atom. The summed E-state index contributed by atoms with van der Waals surface area (Å²) >= 11 is 5.23. The normalized spacial score (nSPS) is 18.8. The van der Waals surface area contributed by atoms with E-state index in [1.165, 1.54) is 0 Å². The minimum Gasteiger partial charge on any atom is -0.362 e. The van der Waals surface area contributed by atoms with Crippen molar-refractivity contribution in [1.29, 1.82) is 0 Å². The fourth-order valence-corrected chi connectivity index (χ4v) is 4.42. The maximum absolute atomic E-state index is 11.8. The second-order valence-electron chi connectivity index (χ2n) is 6.12. The topological polar surface area (TPSA) is 87.3 Å². The van der Waals surface area contributed by atoms with Crippen LogP contribution in [-0.4, -0.2) is 43.5 Å². The van der Waals surface area contributed by atoms with E-state index in [1.54, 1.807) is 0 Å². The van der Waals surface area contributed by atoms with Crippen LogP contribution in [0.5, 0.6) is 0 Å². The summed E-state index contributed by atoms with van der Waals surface area (Å²) in [5, 5.41) is 9.32. The zero-order valence-corrected chi connectivity index (χ0v) is 15.5. The summed E-state index contributed by atoms with van der Waals surface area (Å²) in [7, 11) is -2.98. The predicted molar refractivity (Wildman–Crippen MR) is 100.0 cm³/mol. The number of amides is 1. The van der Waals surface area contributed by atoms with Crippen LogP contribution in [0.3, 0.4) is 0 Å². The van der Waals surface area contributed by atoms with Crippen molar-refractivity contribution in [1.82, 2.24) is 10.6 Å². The maximum Gasteiger partial charge on any atom is 0.222 e. The van der Waals surface area contributed by atoms with Gasteiger partial charge in [-0.05, 0) is 49.7 Å². The molecule has 0 aromatic heterocycles. The summed E-state index contributed by atoms with van der Waals surface area (Å²) in [4.78, 5) is 11.8. The summed E-state index contributed by atoms with van der Waals surface area (Å²) in [5.41, 5.74) is 3.16. The van der Waals surface area contributed by atoms with Gasteiger partial charge in [-0.1, -0.05) is 12.1 Å². The zero-order valence-electron chi connectivity index (χ0n) is 13.9. The molecule has 2 rings (SSSR count). The van der Waals surface area contributed by atoms with Gasteiger partial charge in [-0.25, -0.2) is 8.42 Å². The molecule has 0 saturated carbocycles.